The highest BCUT2D eigenvalue weighted by atomic mass is 15.1. The average Bonchev–Trinajstić information content (AvgIpc) is 3.54. The molecule has 0 fully saturated rings. The van der Waals surface area contributed by atoms with Gasteiger partial charge in [-0.05, 0) is 64.4 Å². The Morgan fingerprint density at radius 3 is 2.08 bits per heavy atom. The highest BCUT2D eigenvalue weighted by molar-refractivity contribution is 6.33. The van der Waals surface area contributed by atoms with Gasteiger partial charge in [0.25, 0.3) is 0 Å². The maximum Gasteiger partial charge on any atom is 0.138 e. The number of aromatic nitrogens is 4. The molecular formula is C36H22N4. The molecule has 0 spiro atoms. The van der Waals surface area contributed by atoms with Crippen molar-refractivity contribution in [3.8, 4) is 22.8 Å². The summed E-state index contributed by atoms with van der Waals surface area (Å²) in [4.78, 5) is 9.68. The first-order valence-electron chi connectivity index (χ1n) is 13.5. The molecule has 4 heterocycles. The minimum Gasteiger partial charge on any atom is -0.294 e. The lowest BCUT2D eigenvalue weighted by Gasteiger charge is -2.11. The van der Waals surface area contributed by atoms with Crippen LogP contribution < -0.4 is 0 Å². The molecule has 0 aliphatic carbocycles. The van der Waals surface area contributed by atoms with Crippen molar-refractivity contribution in [1.29, 1.82) is 0 Å². The largest absolute Gasteiger partial charge is 0.294 e. The van der Waals surface area contributed by atoms with Gasteiger partial charge in [0.1, 0.15) is 11.6 Å². The first-order valence-corrected chi connectivity index (χ1v) is 13.5. The monoisotopic (exact) mass is 510 g/mol. The van der Waals surface area contributed by atoms with E-state index in [0.717, 1.165) is 39.3 Å². The third-order valence-corrected chi connectivity index (χ3v) is 8.18. The van der Waals surface area contributed by atoms with Crippen LogP contribution in [-0.2, 0) is 0 Å². The number of benzene rings is 5. The predicted molar refractivity (Wildman–Crippen MR) is 165 cm³/mol. The summed E-state index contributed by atoms with van der Waals surface area (Å²) in [5.74, 6) is 1.82. The third-order valence-electron chi connectivity index (χ3n) is 8.18. The van der Waals surface area contributed by atoms with Crippen molar-refractivity contribution in [3.05, 3.63) is 134 Å². The standard InChI is InChI=1S/C36H22N4/c1-2-9-23(10-3-1)25-18-20-38-33(21-25)40-29-14-8-11-24-16-17-27-35-26-12-4-5-13-28(26)39(32-15-6-7-19-37-32)30(35)22-31(40)36(27)34(24)29/h1-22H. The summed E-state index contributed by atoms with van der Waals surface area (Å²) in [7, 11) is 0. The van der Waals surface area contributed by atoms with Gasteiger partial charge in [-0.25, -0.2) is 9.97 Å². The Morgan fingerprint density at radius 2 is 1.18 bits per heavy atom. The summed E-state index contributed by atoms with van der Waals surface area (Å²) in [6, 6.07) is 43.0. The number of nitrogens with zero attached hydrogens (tertiary/aromatic N) is 4. The Hall–Kier alpha value is -5.48. The summed E-state index contributed by atoms with van der Waals surface area (Å²) in [6.45, 7) is 0. The van der Waals surface area contributed by atoms with Gasteiger partial charge in [0.05, 0.1) is 22.1 Å². The topological polar surface area (TPSA) is 35.6 Å². The van der Waals surface area contributed by atoms with E-state index < -0.39 is 0 Å². The maximum absolute atomic E-state index is 4.91. The number of fused-ring (bicyclic) bond motifs is 4. The van der Waals surface area contributed by atoms with Gasteiger partial charge in [0.15, 0.2) is 0 Å². The van der Waals surface area contributed by atoms with E-state index in [0.29, 0.717) is 0 Å². The van der Waals surface area contributed by atoms with Crippen LogP contribution in [0, 0.1) is 0 Å². The quantitative estimate of drug-likeness (QED) is 0.222. The van der Waals surface area contributed by atoms with Crippen molar-refractivity contribution in [2.45, 2.75) is 0 Å². The fourth-order valence-corrected chi connectivity index (χ4v) is 6.54. The summed E-state index contributed by atoms with van der Waals surface area (Å²) in [5, 5.41) is 7.52. The molecule has 0 amide bonds. The second kappa shape index (κ2) is 8.01. The van der Waals surface area contributed by atoms with Gasteiger partial charge in [-0.3, -0.25) is 9.13 Å². The van der Waals surface area contributed by atoms with E-state index in [-0.39, 0.29) is 0 Å². The third kappa shape index (κ3) is 2.85. The van der Waals surface area contributed by atoms with Gasteiger partial charge in [-0.1, -0.05) is 78.9 Å². The highest BCUT2D eigenvalue weighted by Gasteiger charge is 2.23. The molecule has 0 radical (unpaired) electrons. The first-order chi connectivity index (χ1) is 19.9. The van der Waals surface area contributed by atoms with Gasteiger partial charge in [0, 0.05) is 33.9 Å². The van der Waals surface area contributed by atoms with E-state index in [1.165, 1.54) is 37.9 Å². The molecule has 0 saturated heterocycles. The minimum absolute atomic E-state index is 0.909. The summed E-state index contributed by atoms with van der Waals surface area (Å²) >= 11 is 0. The molecule has 9 aromatic rings. The average molecular weight is 511 g/mol. The molecule has 0 aliphatic rings. The number of para-hydroxylation sites is 1. The Morgan fingerprint density at radius 1 is 0.400 bits per heavy atom. The van der Waals surface area contributed by atoms with Crippen LogP contribution in [0.3, 0.4) is 0 Å². The fraction of sp³-hybridized carbons (Fsp3) is 0. The van der Waals surface area contributed by atoms with Crippen molar-refractivity contribution in [2.75, 3.05) is 0 Å². The maximum atomic E-state index is 4.91. The van der Waals surface area contributed by atoms with Crippen LogP contribution in [0.5, 0.6) is 0 Å². The van der Waals surface area contributed by atoms with E-state index in [1.807, 2.05) is 24.5 Å². The molecule has 5 aromatic carbocycles. The van der Waals surface area contributed by atoms with Crippen LogP contribution in [-0.4, -0.2) is 19.1 Å². The molecule has 4 aromatic heterocycles. The molecule has 0 aliphatic heterocycles. The first kappa shape index (κ1) is 21.5. The van der Waals surface area contributed by atoms with Gasteiger partial charge >= 0.3 is 0 Å². The summed E-state index contributed by atoms with van der Waals surface area (Å²) < 4.78 is 4.62. The molecule has 4 heteroatoms. The van der Waals surface area contributed by atoms with Crippen molar-refractivity contribution in [2.24, 2.45) is 0 Å². The number of rotatable bonds is 3. The van der Waals surface area contributed by atoms with Crippen LogP contribution in [0.25, 0.3) is 77.1 Å². The number of hydrogen-bond donors (Lipinski definition) is 0. The normalized spacial score (nSPS) is 12.0. The Balaban J connectivity index is 1.47. The Bertz CT molecular complexity index is 2360. The van der Waals surface area contributed by atoms with Crippen molar-refractivity contribution in [3.63, 3.8) is 0 Å². The highest BCUT2D eigenvalue weighted by Crippen LogP contribution is 2.45. The fourth-order valence-electron chi connectivity index (χ4n) is 6.54. The molecule has 0 N–H and O–H groups in total. The second-order valence-corrected chi connectivity index (χ2v) is 10.3. The molecule has 0 unspecified atom stereocenters. The molecule has 9 rings (SSSR count). The molecule has 0 saturated carbocycles. The van der Waals surface area contributed by atoms with Gasteiger partial charge in [-0.2, -0.15) is 0 Å². The van der Waals surface area contributed by atoms with E-state index in [1.54, 1.807) is 0 Å². The van der Waals surface area contributed by atoms with Gasteiger partial charge in [0.2, 0.25) is 0 Å². The van der Waals surface area contributed by atoms with Crippen LogP contribution in [0.15, 0.2) is 134 Å². The molecule has 0 atom stereocenters. The Kier molecular flexibility index (Phi) is 4.30. The summed E-state index contributed by atoms with van der Waals surface area (Å²) in [6.07, 6.45) is 3.78. The van der Waals surface area contributed by atoms with Crippen molar-refractivity contribution >= 4 is 54.4 Å². The second-order valence-electron chi connectivity index (χ2n) is 10.3. The molecule has 4 nitrogen and oxygen atoms in total. The van der Waals surface area contributed by atoms with Gasteiger partial charge in [-0.15, -0.1) is 0 Å². The minimum atomic E-state index is 0.909. The number of pyridine rings is 2. The lowest BCUT2D eigenvalue weighted by molar-refractivity contribution is 1.07. The SMILES string of the molecule is c1ccc(-c2ccnc(-n3c4cccc5ccc6c7c8ccccc8n(-c8ccccn8)c7cc3c6c54)c2)cc1. The molecule has 40 heavy (non-hydrogen) atoms. The lowest BCUT2D eigenvalue weighted by Crippen LogP contribution is -1.99. The Labute approximate surface area is 229 Å². The van der Waals surface area contributed by atoms with Crippen LogP contribution >= 0.6 is 0 Å². The predicted octanol–water partition coefficient (Wildman–Crippen LogP) is 8.93. The zero-order valence-electron chi connectivity index (χ0n) is 21.5. The molecule has 0 bridgehead atoms. The van der Waals surface area contributed by atoms with Crippen LogP contribution in [0.2, 0.25) is 0 Å². The van der Waals surface area contributed by atoms with E-state index in [9.17, 15) is 0 Å². The zero-order chi connectivity index (χ0) is 26.2. The molecule has 186 valence electrons. The summed E-state index contributed by atoms with van der Waals surface area (Å²) in [5.41, 5.74) is 6.92. The lowest BCUT2D eigenvalue weighted by atomic mass is 9.98. The van der Waals surface area contributed by atoms with Crippen LogP contribution in [0.1, 0.15) is 0 Å². The van der Waals surface area contributed by atoms with Crippen LogP contribution in [0.4, 0.5) is 0 Å². The van der Waals surface area contributed by atoms with E-state index in [4.69, 9.17) is 9.97 Å². The number of hydrogen-bond acceptors (Lipinski definition) is 2. The van der Waals surface area contributed by atoms with E-state index in [2.05, 4.69) is 118 Å². The molecular weight excluding hydrogens is 488 g/mol. The zero-order valence-corrected chi connectivity index (χ0v) is 21.5. The van der Waals surface area contributed by atoms with Crippen molar-refractivity contribution < 1.29 is 0 Å². The van der Waals surface area contributed by atoms with E-state index >= 15 is 0 Å². The van der Waals surface area contributed by atoms with Crippen molar-refractivity contribution in [1.82, 2.24) is 19.1 Å². The van der Waals surface area contributed by atoms with Gasteiger partial charge < -0.3 is 0 Å². The smallest absolute Gasteiger partial charge is 0.138 e.